The van der Waals surface area contributed by atoms with Gasteiger partial charge in [-0.25, -0.2) is 9.59 Å². The Morgan fingerprint density at radius 3 is 2.17 bits per heavy atom. The van der Waals surface area contributed by atoms with Gasteiger partial charge in [0, 0.05) is 30.0 Å². The van der Waals surface area contributed by atoms with E-state index in [-0.39, 0.29) is 5.91 Å². The number of urea groups is 1. The van der Waals surface area contributed by atoms with Crippen molar-refractivity contribution < 1.29 is 19.1 Å². The number of ether oxygens (including phenoxy) is 1. The summed E-state index contributed by atoms with van der Waals surface area (Å²) in [6.45, 7) is 3.85. The monoisotopic (exact) mass is 472 g/mol. The molecule has 3 aromatic carbocycles. The minimum atomic E-state index is -0.430. The van der Waals surface area contributed by atoms with Crippen molar-refractivity contribution in [2.24, 2.45) is 0 Å². The highest BCUT2D eigenvalue weighted by molar-refractivity contribution is 6.06. The molecule has 1 heterocycles. The molecule has 0 atom stereocenters. The first-order valence-electron chi connectivity index (χ1n) is 11.6. The van der Waals surface area contributed by atoms with Crippen molar-refractivity contribution in [2.45, 2.75) is 19.8 Å². The lowest BCUT2D eigenvalue weighted by Gasteiger charge is -2.22. The molecule has 0 aliphatic carbocycles. The van der Waals surface area contributed by atoms with Crippen molar-refractivity contribution in [3.63, 3.8) is 0 Å². The molecule has 180 valence electrons. The number of nitrogens with one attached hydrogen (secondary N) is 3. The van der Waals surface area contributed by atoms with Crippen molar-refractivity contribution in [3.8, 4) is 0 Å². The lowest BCUT2D eigenvalue weighted by atomic mass is 10.2. The maximum absolute atomic E-state index is 12.8. The summed E-state index contributed by atoms with van der Waals surface area (Å²) >= 11 is 0. The largest absolute Gasteiger partial charge is 0.462 e. The minimum absolute atomic E-state index is 0.225. The molecule has 4 rings (SSSR count). The molecule has 0 spiro atoms. The fraction of sp³-hybridized carbons (Fsp3) is 0.222. The van der Waals surface area contributed by atoms with Crippen LogP contribution in [-0.4, -0.2) is 37.6 Å². The van der Waals surface area contributed by atoms with Crippen molar-refractivity contribution in [1.82, 2.24) is 0 Å². The normalized spacial score (nSPS) is 12.7. The van der Waals surface area contributed by atoms with Gasteiger partial charge in [0.2, 0.25) is 0 Å². The van der Waals surface area contributed by atoms with Crippen LogP contribution >= 0.6 is 0 Å². The highest BCUT2D eigenvalue weighted by atomic mass is 16.5. The van der Waals surface area contributed by atoms with E-state index >= 15 is 0 Å². The first-order valence-corrected chi connectivity index (χ1v) is 11.6. The van der Waals surface area contributed by atoms with Crippen molar-refractivity contribution in [3.05, 3.63) is 83.9 Å². The van der Waals surface area contributed by atoms with Gasteiger partial charge in [0.1, 0.15) is 0 Å². The van der Waals surface area contributed by atoms with Crippen LogP contribution in [0.15, 0.2) is 72.8 Å². The number of rotatable bonds is 7. The van der Waals surface area contributed by atoms with Crippen LogP contribution in [0, 0.1) is 0 Å². The van der Waals surface area contributed by atoms with Crippen LogP contribution in [0.3, 0.4) is 0 Å². The van der Waals surface area contributed by atoms with Gasteiger partial charge in [-0.3, -0.25) is 4.79 Å². The fourth-order valence-electron chi connectivity index (χ4n) is 3.93. The summed E-state index contributed by atoms with van der Waals surface area (Å²) in [7, 11) is 0. The summed E-state index contributed by atoms with van der Waals surface area (Å²) in [5.41, 5.74) is 3.57. The van der Waals surface area contributed by atoms with Gasteiger partial charge >= 0.3 is 12.0 Å². The maximum atomic E-state index is 12.8. The molecule has 0 aromatic heterocycles. The topological polar surface area (TPSA) is 99.8 Å². The predicted octanol–water partition coefficient (Wildman–Crippen LogP) is 5.36. The van der Waals surface area contributed by atoms with E-state index < -0.39 is 12.0 Å². The zero-order valence-electron chi connectivity index (χ0n) is 19.5. The Morgan fingerprint density at radius 2 is 1.49 bits per heavy atom. The maximum Gasteiger partial charge on any atom is 0.338 e. The Morgan fingerprint density at radius 1 is 0.800 bits per heavy atom. The first-order chi connectivity index (χ1) is 17.0. The SMILES string of the molecule is CCOC(=O)c1ccc(NC(=O)Nc2cc(NC(=O)c3ccccc3)ccc2N2CCCC2)cc1. The average molecular weight is 473 g/mol. The van der Waals surface area contributed by atoms with Gasteiger partial charge in [-0.05, 0) is 74.4 Å². The van der Waals surface area contributed by atoms with Gasteiger partial charge in [-0.15, -0.1) is 0 Å². The van der Waals surface area contributed by atoms with Gasteiger partial charge in [-0.2, -0.15) is 0 Å². The second-order valence-corrected chi connectivity index (χ2v) is 8.12. The lowest BCUT2D eigenvalue weighted by molar-refractivity contribution is 0.0526. The molecule has 0 unspecified atom stereocenters. The molecule has 1 aliphatic heterocycles. The second-order valence-electron chi connectivity index (χ2n) is 8.12. The standard InChI is InChI=1S/C27H28N4O4/c1-2-35-26(33)20-10-12-21(13-11-20)29-27(34)30-23-18-22(14-15-24(23)31-16-6-7-17-31)28-25(32)19-8-4-3-5-9-19/h3-5,8-15,18H,2,6-7,16-17H2,1H3,(H,28,32)(H2,29,30,34). The third-order valence-corrected chi connectivity index (χ3v) is 5.64. The van der Waals surface area contributed by atoms with E-state index in [0.29, 0.717) is 34.8 Å². The summed E-state index contributed by atoms with van der Waals surface area (Å²) < 4.78 is 4.98. The first kappa shape index (κ1) is 23.8. The average Bonchev–Trinajstić information content (AvgIpc) is 3.40. The van der Waals surface area contributed by atoms with Gasteiger partial charge in [0.05, 0.1) is 23.5 Å². The number of hydrogen-bond donors (Lipinski definition) is 3. The Labute approximate surface area is 204 Å². The number of carbonyl (C=O) groups excluding carboxylic acids is 3. The molecular weight excluding hydrogens is 444 g/mol. The number of amides is 3. The number of esters is 1. The molecule has 0 bridgehead atoms. The van der Waals surface area contributed by atoms with Crippen LogP contribution in [0.1, 0.15) is 40.5 Å². The van der Waals surface area contributed by atoms with Crippen LogP contribution in [0.2, 0.25) is 0 Å². The smallest absolute Gasteiger partial charge is 0.338 e. The van der Waals surface area contributed by atoms with Crippen molar-refractivity contribution >= 4 is 40.7 Å². The van der Waals surface area contributed by atoms with Crippen molar-refractivity contribution in [1.29, 1.82) is 0 Å². The van der Waals surface area contributed by atoms with E-state index in [4.69, 9.17) is 4.74 Å². The fourth-order valence-corrected chi connectivity index (χ4v) is 3.93. The molecule has 1 saturated heterocycles. The highest BCUT2D eigenvalue weighted by Crippen LogP contribution is 2.32. The van der Waals surface area contributed by atoms with E-state index in [1.807, 2.05) is 30.3 Å². The Bertz CT molecular complexity index is 1190. The quantitative estimate of drug-likeness (QED) is 0.402. The number of carbonyl (C=O) groups is 3. The number of anilines is 4. The molecule has 1 aliphatic rings. The number of nitrogens with zero attached hydrogens (tertiary/aromatic N) is 1. The summed E-state index contributed by atoms with van der Waals surface area (Å²) in [4.78, 5) is 39.4. The molecule has 8 heteroatoms. The van der Waals surface area contributed by atoms with Gasteiger partial charge in [0.15, 0.2) is 0 Å². The van der Waals surface area contributed by atoms with Gasteiger partial charge < -0.3 is 25.6 Å². The second kappa shape index (κ2) is 11.2. The molecule has 35 heavy (non-hydrogen) atoms. The number of benzene rings is 3. The zero-order chi connectivity index (χ0) is 24.6. The molecule has 8 nitrogen and oxygen atoms in total. The van der Waals surface area contributed by atoms with Crippen LogP contribution in [0.4, 0.5) is 27.5 Å². The molecule has 3 N–H and O–H groups in total. The summed E-state index contributed by atoms with van der Waals surface area (Å²) in [6.07, 6.45) is 2.18. The van der Waals surface area contributed by atoms with Crippen molar-refractivity contribution in [2.75, 3.05) is 40.5 Å². The molecule has 0 saturated carbocycles. The van der Waals surface area contributed by atoms with E-state index in [2.05, 4.69) is 20.9 Å². The lowest BCUT2D eigenvalue weighted by Crippen LogP contribution is -2.24. The van der Waals surface area contributed by atoms with E-state index in [1.165, 1.54) is 0 Å². The van der Waals surface area contributed by atoms with Crippen LogP contribution in [0.5, 0.6) is 0 Å². The summed E-state index contributed by atoms with van der Waals surface area (Å²) in [5, 5.41) is 8.59. The Hall–Kier alpha value is -4.33. The zero-order valence-corrected chi connectivity index (χ0v) is 19.5. The molecular formula is C27H28N4O4. The Balaban J connectivity index is 1.49. The Kier molecular flexibility index (Phi) is 7.62. The third-order valence-electron chi connectivity index (χ3n) is 5.64. The van der Waals surface area contributed by atoms with E-state index in [9.17, 15) is 14.4 Å². The van der Waals surface area contributed by atoms with Gasteiger partial charge in [0.25, 0.3) is 5.91 Å². The third kappa shape index (κ3) is 6.17. The molecule has 3 amide bonds. The van der Waals surface area contributed by atoms with E-state index in [1.54, 1.807) is 49.4 Å². The molecule has 1 fully saturated rings. The van der Waals surface area contributed by atoms with Gasteiger partial charge in [-0.1, -0.05) is 18.2 Å². The van der Waals surface area contributed by atoms with Crippen LogP contribution in [0.25, 0.3) is 0 Å². The van der Waals surface area contributed by atoms with E-state index in [0.717, 1.165) is 31.6 Å². The summed E-state index contributed by atoms with van der Waals surface area (Å²) in [6, 6.07) is 20.5. The molecule has 0 radical (unpaired) electrons. The minimum Gasteiger partial charge on any atom is -0.462 e. The summed E-state index contributed by atoms with van der Waals surface area (Å²) in [5.74, 6) is -0.635. The number of hydrogen-bond acceptors (Lipinski definition) is 5. The highest BCUT2D eigenvalue weighted by Gasteiger charge is 2.18. The molecule has 3 aromatic rings. The van der Waals surface area contributed by atoms with Crippen LogP contribution < -0.4 is 20.9 Å². The predicted molar refractivity (Wildman–Crippen MR) is 137 cm³/mol. The van der Waals surface area contributed by atoms with Crippen LogP contribution in [-0.2, 0) is 4.74 Å².